The molecule has 2 heterocycles. The Hall–Kier alpha value is -0.810. The number of nitrogens with one attached hydrogen (secondary N) is 1. The van der Waals surface area contributed by atoms with E-state index in [4.69, 9.17) is 9.47 Å². The molecule has 0 aromatic heterocycles. The van der Waals surface area contributed by atoms with E-state index in [9.17, 15) is 4.79 Å². The van der Waals surface area contributed by atoms with Crippen molar-refractivity contribution in [3.05, 3.63) is 0 Å². The van der Waals surface area contributed by atoms with E-state index in [1.54, 1.807) is 7.05 Å². The molecule has 0 unspecified atom stereocenters. The fourth-order valence-electron chi connectivity index (χ4n) is 1.28. The summed E-state index contributed by atoms with van der Waals surface area (Å²) in [6, 6.07) is 0. The Labute approximate surface area is 64.2 Å². The number of carbonyl (C=O) groups excluding carboxylic acids is 1. The van der Waals surface area contributed by atoms with Crippen LogP contribution < -0.4 is 5.43 Å². The third kappa shape index (κ3) is 0.883. The molecule has 0 atom stereocenters. The van der Waals surface area contributed by atoms with E-state index in [0.717, 1.165) is 0 Å². The maximum absolute atomic E-state index is 11.0. The summed E-state index contributed by atoms with van der Waals surface area (Å²) in [6.07, 6.45) is -0.309. The summed E-state index contributed by atoms with van der Waals surface area (Å²) in [4.78, 5) is 11.0. The van der Waals surface area contributed by atoms with Crippen LogP contribution in [0, 0.1) is 0 Å². The zero-order valence-corrected chi connectivity index (χ0v) is 6.29. The van der Waals surface area contributed by atoms with Crippen LogP contribution in [-0.4, -0.2) is 43.5 Å². The average Bonchev–Trinajstić information content (AvgIpc) is 2.26. The molecule has 2 aliphatic rings. The predicted octanol–water partition coefficient (Wildman–Crippen LogP) is -0.658. The Balaban J connectivity index is 2.05. The molecule has 1 spiro atoms. The van der Waals surface area contributed by atoms with Crippen LogP contribution >= 0.6 is 0 Å². The third-order valence-electron chi connectivity index (χ3n) is 1.97. The van der Waals surface area contributed by atoms with Crippen LogP contribution in [0.4, 0.5) is 4.79 Å². The van der Waals surface area contributed by atoms with E-state index in [-0.39, 0.29) is 11.7 Å². The van der Waals surface area contributed by atoms with E-state index in [0.29, 0.717) is 19.8 Å². The molecule has 1 amide bonds. The Morgan fingerprint density at radius 2 is 2.36 bits per heavy atom. The largest absolute Gasteiger partial charge is 0.435 e. The SMILES string of the molecule is CNN1CC2(COC2)OC1=O. The Bertz CT molecular complexity index is 190. The normalized spacial score (nSPS) is 27.0. The highest BCUT2D eigenvalue weighted by Gasteiger charge is 2.50. The van der Waals surface area contributed by atoms with Crippen LogP contribution in [0.3, 0.4) is 0 Å². The van der Waals surface area contributed by atoms with Crippen LogP contribution in [0.1, 0.15) is 0 Å². The first-order chi connectivity index (χ1) is 5.26. The quantitative estimate of drug-likeness (QED) is 0.550. The second kappa shape index (κ2) is 2.09. The van der Waals surface area contributed by atoms with Gasteiger partial charge in [-0.2, -0.15) is 0 Å². The van der Waals surface area contributed by atoms with E-state index in [1.165, 1.54) is 5.01 Å². The molecular weight excluding hydrogens is 148 g/mol. The molecule has 0 radical (unpaired) electrons. The molecule has 2 aliphatic heterocycles. The van der Waals surface area contributed by atoms with E-state index < -0.39 is 0 Å². The maximum Gasteiger partial charge on any atom is 0.425 e. The lowest BCUT2D eigenvalue weighted by Gasteiger charge is -2.34. The molecular formula is C6H10N2O3. The highest BCUT2D eigenvalue weighted by atomic mass is 16.6. The van der Waals surface area contributed by atoms with Gasteiger partial charge in [-0.05, 0) is 0 Å². The summed E-state index contributed by atoms with van der Waals surface area (Å²) >= 11 is 0. The smallest absolute Gasteiger partial charge is 0.425 e. The average molecular weight is 158 g/mol. The second-order valence-electron chi connectivity index (χ2n) is 2.85. The molecule has 2 rings (SSSR count). The lowest BCUT2D eigenvalue weighted by atomic mass is 10.0. The molecule has 1 N–H and O–H groups in total. The van der Waals surface area contributed by atoms with Crippen molar-refractivity contribution in [1.82, 2.24) is 10.4 Å². The summed E-state index contributed by atoms with van der Waals surface area (Å²) in [7, 11) is 1.69. The monoisotopic (exact) mass is 158 g/mol. The lowest BCUT2D eigenvalue weighted by molar-refractivity contribution is -0.156. The van der Waals surface area contributed by atoms with Crippen molar-refractivity contribution < 1.29 is 14.3 Å². The van der Waals surface area contributed by atoms with Gasteiger partial charge < -0.3 is 9.47 Å². The topological polar surface area (TPSA) is 50.8 Å². The number of ether oxygens (including phenoxy) is 2. The zero-order valence-electron chi connectivity index (χ0n) is 6.29. The Morgan fingerprint density at radius 3 is 2.64 bits per heavy atom. The van der Waals surface area contributed by atoms with Gasteiger partial charge in [-0.25, -0.2) is 15.2 Å². The van der Waals surface area contributed by atoms with Gasteiger partial charge in [-0.1, -0.05) is 0 Å². The zero-order chi connectivity index (χ0) is 7.90. The van der Waals surface area contributed by atoms with E-state index >= 15 is 0 Å². The molecule has 2 fully saturated rings. The second-order valence-corrected chi connectivity index (χ2v) is 2.85. The van der Waals surface area contributed by atoms with Crippen molar-refractivity contribution in [1.29, 1.82) is 0 Å². The molecule has 5 heteroatoms. The lowest BCUT2D eigenvalue weighted by Crippen LogP contribution is -2.53. The van der Waals surface area contributed by atoms with Gasteiger partial charge in [0.2, 0.25) is 0 Å². The van der Waals surface area contributed by atoms with Crippen LogP contribution in [-0.2, 0) is 9.47 Å². The van der Waals surface area contributed by atoms with Crippen molar-refractivity contribution in [2.75, 3.05) is 26.8 Å². The minimum absolute atomic E-state index is 0.309. The van der Waals surface area contributed by atoms with E-state index in [2.05, 4.69) is 5.43 Å². The molecule has 0 aromatic carbocycles. The highest BCUT2D eigenvalue weighted by Crippen LogP contribution is 2.28. The van der Waals surface area contributed by atoms with Gasteiger partial charge in [0.15, 0.2) is 5.60 Å². The van der Waals surface area contributed by atoms with Crippen LogP contribution in [0.2, 0.25) is 0 Å². The Kier molecular flexibility index (Phi) is 1.30. The molecule has 5 nitrogen and oxygen atoms in total. The molecule has 11 heavy (non-hydrogen) atoms. The predicted molar refractivity (Wildman–Crippen MR) is 35.8 cm³/mol. The number of amides is 1. The standard InChI is InChI=1S/C6H10N2O3/c1-7-8-2-6(3-10-4-6)11-5(8)9/h7H,2-4H2,1H3. The van der Waals surface area contributed by atoms with Crippen molar-refractivity contribution in [2.45, 2.75) is 5.60 Å². The first-order valence-corrected chi connectivity index (χ1v) is 3.51. The van der Waals surface area contributed by atoms with Gasteiger partial charge in [0, 0.05) is 7.05 Å². The van der Waals surface area contributed by atoms with Crippen LogP contribution in [0.15, 0.2) is 0 Å². The number of rotatable bonds is 1. The van der Waals surface area contributed by atoms with Gasteiger partial charge in [0.1, 0.15) is 0 Å². The third-order valence-corrected chi connectivity index (χ3v) is 1.97. The molecule has 0 saturated carbocycles. The molecule has 0 bridgehead atoms. The number of hydrazine groups is 1. The van der Waals surface area contributed by atoms with Gasteiger partial charge >= 0.3 is 6.09 Å². The summed E-state index contributed by atoms with van der Waals surface area (Å²) < 4.78 is 10.1. The molecule has 0 aromatic rings. The maximum atomic E-state index is 11.0. The van der Waals surface area contributed by atoms with Gasteiger partial charge in [-0.15, -0.1) is 0 Å². The van der Waals surface area contributed by atoms with Gasteiger partial charge in [0.25, 0.3) is 0 Å². The fraction of sp³-hybridized carbons (Fsp3) is 0.833. The summed E-state index contributed by atoms with van der Waals surface area (Å²) in [5.41, 5.74) is 2.39. The van der Waals surface area contributed by atoms with Crippen LogP contribution in [0.25, 0.3) is 0 Å². The highest BCUT2D eigenvalue weighted by molar-refractivity contribution is 5.70. The van der Waals surface area contributed by atoms with Gasteiger partial charge in [0.05, 0.1) is 19.8 Å². The minimum atomic E-state index is -0.347. The van der Waals surface area contributed by atoms with Crippen molar-refractivity contribution in [3.8, 4) is 0 Å². The molecule has 2 saturated heterocycles. The summed E-state index contributed by atoms with van der Waals surface area (Å²) in [5.74, 6) is 0. The number of carbonyl (C=O) groups is 1. The Morgan fingerprint density at radius 1 is 1.64 bits per heavy atom. The van der Waals surface area contributed by atoms with Crippen LogP contribution in [0.5, 0.6) is 0 Å². The number of hydrogen-bond donors (Lipinski definition) is 1. The van der Waals surface area contributed by atoms with Gasteiger partial charge in [-0.3, -0.25) is 0 Å². The summed E-state index contributed by atoms with van der Waals surface area (Å²) in [6.45, 7) is 1.64. The number of nitrogens with zero attached hydrogens (tertiary/aromatic N) is 1. The molecule has 62 valence electrons. The van der Waals surface area contributed by atoms with Crippen molar-refractivity contribution in [2.24, 2.45) is 0 Å². The van der Waals surface area contributed by atoms with Crippen molar-refractivity contribution in [3.63, 3.8) is 0 Å². The minimum Gasteiger partial charge on any atom is -0.435 e. The van der Waals surface area contributed by atoms with Crippen molar-refractivity contribution >= 4 is 6.09 Å². The fourth-order valence-corrected chi connectivity index (χ4v) is 1.28. The first-order valence-electron chi connectivity index (χ1n) is 3.51. The first kappa shape index (κ1) is 6.87. The van der Waals surface area contributed by atoms with E-state index in [1.807, 2.05) is 0 Å². The number of hydrogen-bond acceptors (Lipinski definition) is 4. The molecule has 0 aliphatic carbocycles. The summed E-state index contributed by atoms with van der Waals surface area (Å²) in [5, 5.41) is 1.45.